The first kappa shape index (κ1) is 25.4. The summed E-state index contributed by atoms with van der Waals surface area (Å²) in [5, 5.41) is 6.29. The first-order valence-electron chi connectivity index (χ1n) is 8.89. The summed E-state index contributed by atoms with van der Waals surface area (Å²) < 4.78 is 0. The minimum absolute atomic E-state index is 0.0613. The Labute approximate surface area is 169 Å². The molecule has 0 bridgehead atoms. The molecule has 2 saturated carbocycles. The van der Waals surface area contributed by atoms with Gasteiger partial charge in [0.2, 0.25) is 5.24 Å². The fourth-order valence-electron chi connectivity index (χ4n) is 3.34. The van der Waals surface area contributed by atoms with Crippen LogP contribution in [-0.2, 0) is 19.2 Å². The Balaban J connectivity index is 0.000000375. The first-order chi connectivity index (χ1) is 12.1. The van der Waals surface area contributed by atoms with Crippen molar-refractivity contribution in [1.82, 2.24) is 0 Å². The molecular formula is C18H27Cl3O5. The van der Waals surface area contributed by atoms with Crippen LogP contribution >= 0.6 is 34.8 Å². The minimum Gasteiger partial charge on any atom is -0.481 e. The molecule has 26 heavy (non-hydrogen) atoms. The largest absolute Gasteiger partial charge is 0.481 e. The molecule has 2 rings (SSSR count). The van der Waals surface area contributed by atoms with Crippen LogP contribution in [0.3, 0.4) is 0 Å². The molecule has 0 heterocycles. The molecule has 150 valence electrons. The lowest BCUT2D eigenvalue weighted by atomic mass is 9.81. The predicted molar refractivity (Wildman–Crippen MR) is 102 cm³/mol. The van der Waals surface area contributed by atoms with Crippen LogP contribution in [0.2, 0.25) is 0 Å². The zero-order valence-electron chi connectivity index (χ0n) is 15.2. The number of halogens is 3. The van der Waals surface area contributed by atoms with Crippen molar-refractivity contribution in [3.63, 3.8) is 0 Å². The van der Waals surface area contributed by atoms with E-state index in [2.05, 4.69) is 30.1 Å². The number of hydrogen-bond donors (Lipinski definition) is 1. The fourth-order valence-corrected chi connectivity index (χ4v) is 3.66. The van der Waals surface area contributed by atoms with Crippen molar-refractivity contribution in [2.45, 2.75) is 65.2 Å². The van der Waals surface area contributed by atoms with E-state index in [0.29, 0.717) is 11.8 Å². The Kier molecular flexibility index (Phi) is 13.2. The third kappa shape index (κ3) is 10.5. The average molecular weight is 430 g/mol. The van der Waals surface area contributed by atoms with Crippen LogP contribution in [0.15, 0.2) is 0 Å². The van der Waals surface area contributed by atoms with Gasteiger partial charge in [-0.25, -0.2) is 0 Å². The van der Waals surface area contributed by atoms with E-state index in [0.717, 1.165) is 25.7 Å². The van der Waals surface area contributed by atoms with Crippen LogP contribution in [0, 0.1) is 23.7 Å². The van der Waals surface area contributed by atoms with Gasteiger partial charge < -0.3 is 5.11 Å². The zero-order chi connectivity index (χ0) is 20.3. The summed E-state index contributed by atoms with van der Waals surface area (Å²) in [6.45, 7) is 4.15. The molecule has 2 aliphatic carbocycles. The lowest BCUT2D eigenvalue weighted by Gasteiger charge is -2.24. The highest BCUT2D eigenvalue weighted by Crippen LogP contribution is 2.31. The van der Waals surface area contributed by atoms with Crippen LogP contribution in [0.1, 0.15) is 65.2 Å². The summed E-state index contributed by atoms with van der Waals surface area (Å²) in [6.07, 6.45) is 8.90. The minimum atomic E-state index is -1.14. The standard InChI is InChI=1S/C8H13ClO.C8H14O2.C2Cl2O2/c2*1-6-4-2-3-5-7(6)8(9)10;3-1(5)2(4)6/h6-7H,2-5H2,1H3;6-7H,2-5H2,1H3,(H,9,10);. The SMILES string of the molecule is CC1CCCCC1C(=O)Cl.CC1CCCCC1C(=O)O.O=C(Cl)C(=O)Cl. The summed E-state index contributed by atoms with van der Waals surface area (Å²) in [7, 11) is 0. The van der Waals surface area contributed by atoms with E-state index in [1.54, 1.807) is 0 Å². The normalized spacial score (nSPS) is 27.7. The second kappa shape index (κ2) is 13.5. The number of carbonyl (C=O) groups is 4. The molecule has 0 saturated heterocycles. The highest BCUT2D eigenvalue weighted by molar-refractivity contribution is 6.97. The molecule has 0 spiro atoms. The van der Waals surface area contributed by atoms with Gasteiger partial charge in [0.05, 0.1) is 5.92 Å². The van der Waals surface area contributed by atoms with Crippen molar-refractivity contribution in [1.29, 1.82) is 0 Å². The van der Waals surface area contributed by atoms with Gasteiger partial charge >= 0.3 is 16.5 Å². The highest BCUT2D eigenvalue weighted by atomic mass is 35.5. The second-order valence-electron chi connectivity index (χ2n) is 6.93. The molecule has 0 radical (unpaired) electrons. The molecule has 0 aliphatic heterocycles. The first-order valence-corrected chi connectivity index (χ1v) is 10.0. The van der Waals surface area contributed by atoms with Gasteiger partial charge in [0.15, 0.2) is 0 Å². The van der Waals surface area contributed by atoms with Crippen LogP contribution in [0.25, 0.3) is 0 Å². The third-order valence-electron chi connectivity index (χ3n) is 4.99. The second-order valence-corrected chi connectivity index (χ2v) is 7.99. The summed E-state index contributed by atoms with van der Waals surface area (Å²) in [5.74, 6) is 0.390. The summed E-state index contributed by atoms with van der Waals surface area (Å²) >= 11 is 14.4. The van der Waals surface area contributed by atoms with Gasteiger partial charge in [-0.15, -0.1) is 0 Å². The maximum absolute atomic E-state index is 10.8. The number of rotatable bonds is 3. The van der Waals surface area contributed by atoms with Crippen molar-refractivity contribution in [3.8, 4) is 0 Å². The Morgan fingerprint density at radius 3 is 1.23 bits per heavy atom. The average Bonchev–Trinajstić information content (AvgIpc) is 2.56. The van der Waals surface area contributed by atoms with E-state index in [1.165, 1.54) is 25.7 Å². The van der Waals surface area contributed by atoms with Crippen LogP contribution in [0.5, 0.6) is 0 Å². The molecule has 8 heteroatoms. The van der Waals surface area contributed by atoms with Crippen molar-refractivity contribution in [3.05, 3.63) is 0 Å². The predicted octanol–water partition coefficient (Wildman–Crippen LogP) is 4.99. The molecule has 0 aromatic rings. The van der Waals surface area contributed by atoms with Crippen LogP contribution in [-0.4, -0.2) is 26.8 Å². The fraction of sp³-hybridized carbons (Fsp3) is 0.778. The number of carboxylic acid groups (broad SMARTS) is 1. The molecule has 0 amide bonds. The van der Waals surface area contributed by atoms with Gasteiger partial charge in [-0.3, -0.25) is 19.2 Å². The van der Waals surface area contributed by atoms with Gasteiger partial charge in [-0.2, -0.15) is 0 Å². The quantitative estimate of drug-likeness (QED) is 0.504. The number of carboxylic acids is 1. The van der Waals surface area contributed by atoms with E-state index in [4.69, 9.17) is 16.7 Å². The molecule has 0 aromatic carbocycles. The van der Waals surface area contributed by atoms with Crippen molar-refractivity contribution >= 4 is 56.5 Å². The summed E-state index contributed by atoms with van der Waals surface area (Å²) in [4.78, 5) is 40.2. The van der Waals surface area contributed by atoms with Gasteiger partial charge in [-0.1, -0.05) is 39.5 Å². The number of carbonyl (C=O) groups excluding carboxylic acids is 3. The zero-order valence-corrected chi connectivity index (χ0v) is 17.4. The molecular weight excluding hydrogens is 403 g/mol. The monoisotopic (exact) mass is 428 g/mol. The van der Waals surface area contributed by atoms with Crippen LogP contribution < -0.4 is 0 Å². The Morgan fingerprint density at radius 1 is 0.692 bits per heavy atom. The molecule has 5 nitrogen and oxygen atoms in total. The van der Waals surface area contributed by atoms with Gasteiger partial charge in [0.25, 0.3) is 0 Å². The Hall–Kier alpha value is -0.650. The smallest absolute Gasteiger partial charge is 0.306 e. The maximum atomic E-state index is 10.8. The van der Waals surface area contributed by atoms with Crippen molar-refractivity contribution < 1.29 is 24.3 Å². The summed E-state index contributed by atoms with van der Waals surface area (Å²) in [6, 6.07) is 0. The van der Waals surface area contributed by atoms with Gasteiger partial charge in [0.1, 0.15) is 0 Å². The molecule has 0 aromatic heterocycles. The topological polar surface area (TPSA) is 88.5 Å². The molecule has 4 unspecified atom stereocenters. The Morgan fingerprint density at radius 2 is 1.04 bits per heavy atom. The lowest BCUT2D eigenvalue weighted by Crippen LogP contribution is -2.24. The van der Waals surface area contributed by atoms with Crippen molar-refractivity contribution in [2.75, 3.05) is 0 Å². The molecule has 1 N–H and O–H groups in total. The van der Waals surface area contributed by atoms with Crippen LogP contribution in [0.4, 0.5) is 0 Å². The van der Waals surface area contributed by atoms with E-state index in [9.17, 15) is 19.2 Å². The number of hydrogen-bond acceptors (Lipinski definition) is 4. The third-order valence-corrected chi connectivity index (χ3v) is 5.71. The van der Waals surface area contributed by atoms with Crippen molar-refractivity contribution in [2.24, 2.45) is 23.7 Å². The highest BCUT2D eigenvalue weighted by Gasteiger charge is 2.27. The lowest BCUT2D eigenvalue weighted by molar-refractivity contribution is -0.144. The summed E-state index contributed by atoms with van der Waals surface area (Å²) in [5.41, 5.74) is 0. The Bertz CT molecular complexity index is 451. The van der Waals surface area contributed by atoms with E-state index >= 15 is 0 Å². The molecule has 2 aliphatic rings. The van der Waals surface area contributed by atoms with Gasteiger partial charge in [-0.05, 0) is 72.3 Å². The van der Waals surface area contributed by atoms with E-state index in [1.807, 2.05) is 6.92 Å². The van der Waals surface area contributed by atoms with E-state index in [-0.39, 0.29) is 17.1 Å². The number of aliphatic carboxylic acids is 1. The van der Waals surface area contributed by atoms with E-state index < -0.39 is 16.5 Å². The maximum Gasteiger partial charge on any atom is 0.306 e. The van der Waals surface area contributed by atoms with Gasteiger partial charge in [0, 0.05) is 5.92 Å². The molecule has 2 fully saturated rings. The molecule has 4 atom stereocenters.